The molecule has 2 heterocycles. The Hall–Kier alpha value is -1.66. The summed E-state index contributed by atoms with van der Waals surface area (Å²) in [4.78, 5) is 16.3. The lowest BCUT2D eigenvalue weighted by atomic mass is 9.58. The highest BCUT2D eigenvalue weighted by Crippen LogP contribution is 2.48. The van der Waals surface area contributed by atoms with Gasteiger partial charge in [0.2, 0.25) is 11.8 Å². The molecule has 1 aliphatic carbocycles. The first kappa shape index (κ1) is 15.2. The van der Waals surface area contributed by atoms with Crippen LogP contribution in [0.5, 0.6) is 5.88 Å². The van der Waals surface area contributed by atoms with Crippen molar-refractivity contribution in [2.45, 2.75) is 37.8 Å². The number of carbonyl (C=O) groups excluding carboxylic acids is 1. The molecule has 0 radical (unpaired) electrons. The highest BCUT2D eigenvalue weighted by Gasteiger charge is 2.55. The van der Waals surface area contributed by atoms with Crippen molar-refractivity contribution < 1.29 is 19.4 Å². The summed E-state index contributed by atoms with van der Waals surface area (Å²) in [5, 5.41) is 13.2. The zero-order valence-corrected chi connectivity index (χ0v) is 12.7. The smallest absolute Gasteiger partial charge is 0.224 e. The van der Waals surface area contributed by atoms with E-state index in [0.29, 0.717) is 25.5 Å². The normalized spacial score (nSPS) is 26.3. The van der Waals surface area contributed by atoms with Gasteiger partial charge in [0, 0.05) is 36.9 Å². The molecule has 6 heteroatoms. The van der Waals surface area contributed by atoms with Gasteiger partial charge in [0.05, 0.1) is 19.6 Å². The lowest BCUT2D eigenvalue weighted by molar-refractivity contribution is -0.155. The third kappa shape index (κ3) is 2.80. The average Bonchev–Trinajstić information content (AvgIpc) is 2.55. The predicted molar refractivity (Wildman–Crippen MR) is 79.5 cm³/mol. The highest BCUT2D eigenvalue weighted by molar-refractivity contribution is 5.79. The second kappa shape index (κ2) is 6.22. The number of hydrogen-bond acceptors (Lipinski definition) is 5. The van der Waals surface area contributed by atoms with Crippen LogP contribution in [0.25, 0.3) is 0 Å². The molecule has 1 saturated carbocycles. The fraction of sp³-hybridized carbons (Fsp3) is 0.625. The molecule has 120 valence electrons. The summed E-state index contributed by atoms with van der Waals surface area (Å²) in [5.41, 5.74) is 0.675. The van der Waals surface area contributed by atoms with E-state index in [2.05, 4.69) is 10.3 Å². The van der Waals surface area contributed by atoms with Crippen LogP contribution in [0.4, 0.5) is 0 Å². The van der Waals surface area contributed by atoms with E-state index in [0.717, 1.165) is 18.4 Å². The fourth-order valence-electron chi connectivity index (χ4n) is 3.50. The molecule has 2 fully saturated rings. The molecule has 1 saturated heterocycles. The van der Waals surface area contributed by atoms with E-state index in [-0.39, 0.29) is 29.9 Å². The number of carbonyl (C=O) groups is 1. The van der Waals surface area contributed by atoms with Crippen LogP contribution in [-0.2, 0) is 16.0 Å². The van der Waals surface area contributed by atoms with Gasteiger partial charge in [0.15, 0.2) is 0 Å². The topological polar surface area (TPSA) is 80.7 Å². The van der Waals surface area contributed by atoms with Crippen LogP contribution in [-0.4, -0.2) is 48.5 Å². The molecule has 1 spiro atoms. The van der Waals surface area contributed by atoms with Crippen molar-refractivity contribution >= 4 is 5.91 Å². The Morgan fingerprint density at radius 2 is 2.32 bits per heavy atom. The van der Waals surface area contributed by atoms with Gasteiger partial charge in [-0.05, 0) is 30.9 Å². The van der Waals surface area contributed by atoms with Gasteiger partial charge in [-0.3, -0.25) is 4.79 Å². The number of amides is 1. The lowest BCUT2D eigenvalue weighted by Gasteiger charge is -2.55. The maximum atomic E-state index is 12.3. The number of aromatic nitrogens is 1. The molecule has 0 aromatic carbocycles. The molecule has 1 amide bonds. The Balaban J connectivity index is 1.59. The number of nitrogens with zero attached hydrogens (tertiary/aromatic N) is 1. The van der Waals surface area contributed by atoms with Gasteiger partial charge < -0.3 is 19.9 Å². The summed E-state index contributed by atoms with van der Waals surface area (Å²) in [6.45, 7) is 1.32. The molecule has 22 heavy (non-hydrogen) atoms. The SMILES string of the molecule is COc1cc(CC(=O)N[C@@H]2C[C@@H](O)C23CCOCC3)ccn1. The molecule has 6 nitrogen and oxygen atoms in total. The van der Waals surface area contributed by atoms with Crippen molar-refractivity contribution in [2.75, 3.05) is 20.3 Å². The Morgan fingerprint density at radius 1 is 1.55 bits per heavy atom. The Labute approximate surface area is 129 Å². The first-order valence-electron chi connectivity index (χ1n) is 7.68. The number of ether oxygens (including phenoxy) is 2. The van der Waals surface area contributed by atoms with E-state index in [1.807, 2.05) is 6.07 Å². The van der Waals surface area contributed by atoms with E-state index in [1.165, 1.54) is 0 Å². The minimum Gasteiger partial charge on any atom is -0.481 e. The monoisotopic (exact) mass is 306 g/mol. The first-order valence-corrected chi connectivity index (χ1v) is 7.68. The quantitative estimate of drug-likeness (QED) is 0.855. The number of rotatable bonds is 4. The Morgan fingerprint density at radius 3 is 3.00 bits per heavy atom. The van der Waals surface area contributed by atoms with Gasteiger partial charge in [-0.1, -0.05) is 0 Å². The molecular weight excluding hydrogens is 284 g/mol. The molecule has 2 atom stereocenters. The third-order valence-electron chi connectivity index (χ3n) is 4.95. The largest absolute Gasteiger partial charge is 0.481 e. The van der Waals surface area contributed by atoms with Gasteiger partial charge >= 0.3 is 0 Å². The van der Waals surface area contributed by atoms with Crippen LogP contribution in [0.1, 0.15) is 24.8 Å². The lowest BCUT2D eigenvalue weighted by Crippen LogP contribution is -2.65. The second-order valence-electron chi connectivity index (χ2n) is 6.10. The minimum absolute atomic E-state index is 0.0315. The fourth-order valence-corrected chi connectivity index (χ4v) is 3.50. The molecule has 2 N–H and O–H groups in total. The Bertz CT molecular complexity index is 543. The van der Waals surface area contributed by atoms with Crippen molar-refractivity contribution in [1.82, 2.24) is 10.3 Å². The number of hydrogen-bond donors (Lipinski definition) is 2. The molecule has 1 aromatic rings. The number of aliphatic hydroxyl groups excluding tert-OH is 1. The maximum absolute atomic E-state index is 12.3. The van der Waals surface area contributed by atoms with Crippen LogP contribution in [0.3, 0.4) is 0 Å². The summed E-state index contributed by atoms with van der Waals surface area (Å²) >= 11 is 0. The maximum Gasteiger partial charge on any atom is 0.224 e. The van der Waals surface area contributed by atoms with Crippen LogP contribution in [0.2, 0.25) is 0 Å². The number of methoxy groups -OCH3 is 1. The van der Waals surface area contributed by atoms with Crippen LogP contribution < -0.4 is 10.1 Å². The van der Waals surface area contributed by atoms with Crippen molar-refractivity contribution in [2.24, 2.45) is 5.41 Å². The summed E-state index contributed by atoms with van der Waals surface area (Å²) in [5.74, 6) is 0.473. The average molecular weight is 306 g/mol. The second-order valence-corrected chi connectivity index (χ2v) is 6.10. The van der Waals surface area contributed by atoms with Crippen LogP contribution in [0, 0.1) is 5.41 Å². The van der Waals surface area contributed by atoms with E-state index in [9.17, 15) is 9.90 Å². The van der Waals surface area contributed by atoms with E-state index in [1.54, 1.807) is 19.4 Å². The van der Waals surface area contributed by atoms with Gasteiger partial charge in [-0.2, -0.15) is 0 Å². The number of nitrogens with one attached hydrogen (secondary N) is 1. The third-order valence-corrected chi connectivity index (χ3v) is 4.95. The summed E-state index contributed by atoms with van der Waals surface area (Å²) in [6, 6.07) is 3.61. The number of aliphatic hydroxyl groups is 1. The van der Waals surface area contributed by atoms with E-state index < -0.39 is 0 Å². The van der Waals surface area contributed by atoms with Crippen LogP contribution in [0.15, 0.2) is 18.3 Å². The zero-order chi connectivity index (χ0) is 15.6. The van der Waals surface area contributed by atoms with Crippen molar-refractivity contribution in [3.05, 3.63) is 23.9 Å². The van der Waals surface area contributed by atoms with Gasteiger partial charge in [-0.25, -0.2) is 4.98 Å². The van der Waals surface area contributed by atoms with Gasteiger partial charge in [0.25, 0.3) is 0 Å². The molecule has 3 rings (SSSR count). The Kier molecular flexibility index (Phi) is 4.31. The van der Waals surface area contributed by atoms with Crippen molar-refractivity contribution in [3.63, 3.8) is 0 Å². The summed E-state index contributed by atoms with van der Waals surface area (Å²) in [7, 11) is 1.55. The van der Waals surface area contributed by atoms with Gasteiger partial charge in [0.1, 0.15) is 0 Å². The highest BCUT2D eigenvalue weighted by atomic mass is 16.5. The van der Waals surface area contributed by atoms with Crippen LogP contribution >= 0.6 is 0 Å². The van der Waals surface area contributed by atoms with E-state index >= 15 is 0 Å². The molecule has 1 aliphatic heterocycles. The van der Waals surface area contributed by atoms with E-state index in [4.69, 9.17) is 9.47 Å². The van der Waals surface area contributed by atoms with Gasteiger partial charge in [-0.15, -0.1) is 0 Å². The minimum atomic E-state index is -0.331. The summed E-state index contributed by atoms with van der Waals surface area (Å²) < 4.78 is 10.4. The van der Waals surface area contributed by atoms with Crippen molar-refractivity contribution in [3.8, 4) is 5.88 Å². The standard InChI is InChI=1S/C16H22N2O4/c1-21-15-9-11(2-5-17-15)8-14(20)18-12-10-13(19)16(12)3-6-22-7-4-16/h2,5,9,12-13,19H,3-4,6-8,10H2,1H3,(H,18,20)/t12-,13-/m1/s1. The molecule has 2 aliphatic rings. The molecule has 0 unspecified atom stereocenters. The molecule has 0 bridgehead atoms. The zero-order valence-electron chi connectivity index (χ0n) is 12.7. The summed E-state index contributed by atoms with van der Waals surface area (Å²) in [6.07, 6.45) is 3.84. The number of pyridine rings is 1. The predicted octanol–water partition coefficient (Wildman–Crippen LogP) is 0.679. The molecular formula is C16H22N2O4. The molecule has 1 aromatic heterocycles. The van der Waals surface area contributed by atoms with Crippen molar-refractivity contribution in [1.29, 1.82) is 0 Å². The first-order chi connectivity index (χ1) is 10.6.